The summed E-state index contributed by atoms with van der Waals surface area (Å²) in [6.07, 6.45) is 0.0261. The monoisotopic (exact) mass is 270 g/mol. The summed E-state index contributed by atoms with van der Waals surface area (Å²) in [6, 6.07) is 0. The van der Waals surface area contributed by atoms with Gasteiger partial charge >= 0.3 is 6.09 Å². The van der Waals surface area contributed by atoms with Crippen molar-refractivity contribution in [2.75, 3.05) is 26.2 Å². The molecule has 0 aliphatic carbocycles. The first-order valence-electron chi connectivity index (χ1n) is 6.61. The third kappa shape index (κ3) is 2.83. The predicted octanol–water partition coefficient (Wildman–Crippen LogP) is 0.352. The van der Waals surface area contributed by atoms with E-state index in [9.17, 15) is 14.7 Å². The Hall–Kier alpha value is -1.30. The van der Waals surface area contributed by atoms with E-state index in [0.717, 1.165) is 0 Å². The molecule has 6 heteroatoms. The van der Waals surface area contributed by atoms with Crippen LogP contribution in [0.25, 0.3) is 0 Å². The van der Waals surface area contributed by atoms with Gasteiger partial charge in [0.2, 0.25) is 5.91 Å². The van der Waals surface area contributed by atoms with Gasteiger partial charge in [-0.15, -0.1) is 0 Å². The van der Waals surface area contributed by atoms with E-state index in [1.807, 2.05) is 20.8 Å². The minimum Gasteiger partial charge on any atom is -0.444 e. The molecule has 2 heterocycles. The van der Waals surface area contributed by atoms with Gasteiger partial charge in [-0.05, 0) is 20.8 Å². The average molecular weight is 270 g/mol. The second-order valence-electron chi connectivity index (χ2n) is 6.56. The standard InChI is InChI=1S/C13H22N2O4/c1-12(2,3)19-11(18)15-7-13(8-15)4-10(17)14-5-9(13)6-16/h9,16H,4-8H2,1-3H3,(H,14,17). The third-order valence-electron chi connectivity index (χ3n) is 3.81. The number of amides is 2. The van der Waals surface area contributed by atoms with Crippen molar-refractivity contribution in [2.45, 2.75) is 32.8 Å². The molecule has 0 aromatic carbocycles. The van der Waals surface area contributed by atoms with Crippen molar-refractivity contribution in [3.05, 3.63) is 0 Å². The van der Waals surface area contributed by atoms with Crippen LogP contribution in [0.3, 0.4) is 0 Å². The molecule has 2 aliphatic rings. The normalized spacial score (nSPS) is 25.8. The van der Waals surface area contributed by atoms with Crippen LogP contribution in [0.2, 0.25) is 0 Å². The van der Waals surface area contributed by atoms with Crippen LogP contribution in [0.15, 0.2) is 0 Å². The number of aliphatic hydroxyl groups is 1. The lowest BCUT2D eigenvalue weighted by Gasteiger charge is -2.55. The summed E-state index contributed by atoms with van der Waals surface area (Å²) in [5, 5.41) is 12.2. The molecule has 0 saturated carbocycles. The topological polar surface area (TPSA) is 78.9 Å². The van der Waals surface area contributed by atoms with E-state index in [0.29, 0.717) is 26.1 Å². The molecule has 2 saturated heterocycles. The van der Waals surface area contributed by atoms with Gasteiger partial charge in [-0.3, -0.25) is 4.79 Å². The number of carbonyl (C=O) groups excluding carboxylic acids is 2. The summed E-state index contributed by atoms with van der Waals surface area (Å²) < 4.78 is 5.30. The molecule has 2 rings (SSSR count). The molecule has 1 spiro atoms. The maximum atomic E-state index is 11.9. The Morgan fingerprint density at radius 3 is 2.68 bits per heavy atom. The Kier molecular flexibility index (Phi) is 3.47. The molecule has 0 aromatic heterocycles. The van der Waals surface area contributed by atoms with Gasteiger partial charge in [-0.25, -0.2) is 4.79 Å². The van der Waals surface area contributed by atoms with Crippen molar-refractivity contribution >= 4 is 12.0 Å². The summed E-state index contributed by atoms with van der Waals surface area (Å²) >= 11 is 0. The lowest BCUT2D eigenvalue weighted by molar-refractivity contribution is -0.139. The Bertz CT molecular complexity index is 383. The predicted molar refractivity (Wildman–Crippen MR) is 68.4 cm³/mol. The van der Waals surface area contributed by atoms with Gasteiger partial charge in [0.05, 0.1) is 0 Å². The molecule has 6 nitrogen and oxygen atoms in total. The fourth-order valence-corrected chi connectivity index (χ4v) is 2.78. The lowest BCUT2D eigenvalue weighted by Crippen LogP contribution is -2.67. The fraction of sp³-hybridized carbons (Fsp3) is 0.846. The van der Waals surface area contributed by atoms with Crippen molar-refractivity contribution in [2.24, 2.45) is 11.3 Å². The van der Waals surface area contributed by atoms with Crippen LogP contribution >= 0.6 is 0 Å². The van der Waals surface area contributed by atoms with E-state index < -0.39 is 5.60 Å². The molecule has 0 radical (unpaired) electrons. The van der Waals surface area contributed by atoms with E-state index in [-0.39, 0.29) is 29.9 Å². The molecule has 1 atom stereocenters. The second kappa shape index (κ2) is 4.67. The molecule has 2 amide bonds. The van der Waals surface area contributed by atoms with Gasteiger partial charge in [0.15, 0.2) is 0 Å². The first-order valence-corrected chi connectivity index (χ1v) is 6.61. The first-order chi connectivity index (χ1) is 8.76. The number of carbonyl (C=O) groups is 2. The molecule has 2 fully saturated rings. The van der Waals surface area contributed by atoms with Gasteiger partial charge in [0.25, 0.3) is 0 Å². The van der Waals surface area contributed by atoms with Crippen LogP contribution < -0.4 is 5.32 Å². The fourth-order valence-electron chi connectivity index (χ4n) is 2.78. The van der Waals surface area contributed by atoms with E-state index in [1.165, 1.54) is 0 Å². The highest BCUT2D eigenvalue weighted by Gasteiger charge is 2.53. The number of hydrogen-bond acceptors (Lipinski definition) is 4. The minimum atomic E-state index is -0.514. The first kappa shape index (κ1) is 14.1. The molecular weight excluding hydrogens is 248 g/mol. The van der Waals surface area contributed by atoms with E-state index in [4.69, 9.17) is 4.74 Å². The highest BCUT2D eigenvalue weighted by Crippen LogP contribution is 2.43. The number of hydrogen-bond donors (Lipinski definition) is 2. The van der Waals surface area contributed by atoms with Crippen molar-refractivity contribution in [3.8, 4) is 0 Å². The summed E-state index contributed by atoms with van der Waals surface area (Å²) in [6.45, 7) is 6.96. The van der Waals surface area contributed by atoms with Crippen LogP contribution in [0.1, 0.15) is 27.2 Å². The Morgan fingerprint density at radius 1 is 1.53 bits per heavy atom. The molecule has 0 aromatic rings. The largest absolute Gasteiger partial charge is 0.444 e. The van der Waals surface area contributed by atoms with Gasteiger partial charge in [-0.2, -0.15) is 0 Å². The third-order valence-corrected chi connectivity index (χ3v) is 3.81. The van der Waals surface area contributed by atoms with Gasteiger partial charge in [0.1, 0.15) is 5.60 Å². The number of nitrogens with one attached hydrogen (secondary N) is 1. The zero-order chi connectivity index (χ0) is 14.3. The van der Waals surface area contributed by atoms with Crippen molar-refractivity contribution in [1.29, 1.82) is 0 Å². The zero-order valence-electron chi connectivity index (χ0n) is 11.7. The van der Waals surface area contributed by atoms with E-state index in [1.54, 1.807) is 4.90 Å². The Labute approximate surface area is 113 Å². The van der Waals surface area contributed by atoms with Crippen LogP contribution in [-0.4, -0.2) is 53.8 Å². The summed E-state index contributed by atoms with van der Waals surface area (Å²) in [5.41, 5.74) is -0.784. The minimum absolute atomic E-state index is 0.00598. The van der Waals surface area contributed by atoms with Gasteiger partial charge in [-0.1, -0.05) is 0 Å². The highest BCUT2D eigenvalue weighted by molar-refractivity contribution is 5.79. The average Bonchev–Trinajstić information content (AvgIpc) is 2.23. The molecular formula is C13H22N2O4. The van der Waals surface area contributed by atoms with Crippen molar-refractivity contribution in [3.63, 3.8) is 0 Å². The number of aliphatic hydroxyl groups excluding tert-OH is 1. The van der Waals surface area contributed by atoms with Crippen LogP contribution in [0, 0.1) is 11.3 Å². The number of rotatable bonds is 1. The Balaban J connectivity index is 1.96. The maximum Gasteiger partial charge on any atom is 0.410 e. The number of likely N-dealkylation sites (tertiary alicyclic amines) is 1. The van der Waals surface area contributed by atoms with Gasteiger partial charge in [0, 0.05) is 44.0 Å². The molecule has 108 valence electrons. The van der Waals surface area contributed by atoms with Crippen LogP contribution in [0.4, 0.5) is 4.79 Å². The lowest BCUT2D eigenvalue weighted by atomic mass is 9.65. The molecule has 0 bridgehead atoms. The van der Waals surface area contributed by atoms with Crippen molar-refractivity contribution < 1.29 is 19.4 Å². The van der Waals surface area contributed by atoms with Crippen LogP contribution in [0.5, 0.6) is 0 Å². The molecule has 1 unspecified atom stereocenters. The molecule has 2 N–H and O–H groups in total. The maximum absolute atomic E-state index is 11.9. The summed E-state index contributed by atoms with van der Waals surface area (Å²) in [5.74, 6) is 0.0115. The highest BCUT2D eigenvalue weighted by atomic mass is 16.6. The second-order valence-corrected chi connectivity index (χ2v) is 6.56. The van der Waals surface area contributed by atoms with Crippen molar-refractivity contribution in [1.82, 2.24) is 10.2 Å². The quantitative estimate of drug-likeness (QED) is 0.720. The van der Waals surface area contributed by atoms with Crippen LogP contribution in [-0.2, 0) is 9.53 Å². The van der Waals surface area contributed by atoms with Gasteiger partial charge < -0.3 is 20.1 Å². The number of nitrogens with zero attached hydrogens (tertiary/aromatic N) is 1. The molecule has 2 aliphatic heterocycles. The summed E-state index contributed by atoms with van der Waals surface area (Å²) in [7, 11) is 0. The summed E-state index contributed by atoms with van der Waals surface area (Å²) in [4.78, 5) is 25.0. The zero-order valence-corrected chi connectivity index (χ0v) is 11.7. The Morgan fingerprint density at radius 2 is 2.16 bits per heavy atom. The van der Waals surface area contributed by atoms with E-state index >= 15 is 0 Å². The van der Waals surface area contributed by atoms with E-state index in [2.05, 4.69) is 5.32 Å². The number of piperidine rings is 1. The SMILES string of the molecule is CC(C)(C)OC(=O)N1CC2(CC(=O)NCC2CO)C1. The molecule has 19 heavy (non-hydrogen) atoms. The smallest absolute Gasteiger partial charge is 0.410 e. The number of ether oxygens (including phenoxy) is 1.